The lowest BCUT2D eigenvalue weighted by Gasteiger charge is -2.13. The Kier molecular flexibility index (Phi) is 6.18. The Morgan fingerprint density at radius 2 is 1.00 bits per heavy atom. The smallest absolute Gasteiger partial charge is 0.160 e. The maximum atomic E-state index is 6.64. The molecule has 0 aliphatic rings. The van der Waals surface area contributed by atoms with Gasteiger partial charge in [-0.2, -0.15) is 0 Å². The molecule has 0 aliphatic heterocycles. The van der Waals surface area contributed by atoms with E-state index in [4.69, 9.17) is 14.4 Å². The Morgan fingerprint density at radius 1 is 0.367 bits per heavy atom. The van der Waals surface area contributed by atoms with Gasteiger partial charge in [0.2, 0.25) is 0 Å². The van der Waals surface area contributed by atoms with Crippen LogP contribution in [0.4, 0.5) is 0 Å². The maximum Gasteiger partial charge on any atom is 0.160 e. The Labute approximate surface area is 282 Å². The van der Waals surface area contributed by atoms with Gasteiger partial charge in [-0.3, -0.25) is 0 Å². The highest BCUT2D eigenvalue weighted by Crippen LogP contribution is 2.42. The van der Waals surface area contributed by atoms with Gasteiger partial charge in [0, 0.05) is 32.7 Å². The second-order valence-electron chi connectivity index (χ2n) is 12.6. The fraction of sp³-hybridized carbons (Fsp3) is 0. The average molecular weight is 625 g/mol. The molecule has 0 saturated carbocycles. The zero-order valence-corrected chi connectivity index (χ0v) is 26.5. The molecule has 0 N–H and O–H groups in total. The van der Waals surface area contributed by atoms with Gasteiger partial charge in [0.05, 0.1) is 11.2 Å². The number of hydrogen-bond donors (Lipinski definition) is 0. The topological polar surface area (TPSA) is 38.9 Å². The van der Waals surface area contributed by atoms with Gasteiger partial charge < -0.3 is 4.42 Å². The summed E-state index contributed by atoms with van der Waals surface area (Å²) in [7, 11) is 0. The van der Waals surface area contributed by atoms with E-state index in [0.717, 1.165) is 71.6 Å². The molecule has 228 valence electrons. The number of aromatic nitrogens is 2. The summed E-state index contributed by atoms with van der Waals surface area (Å²) < 4.78 is 6.64. The van der Waals surface area contributed by atoms with Crippen molar-refractivity contribution in [3.05, 3.63) is 170 Å². The molecule has 10 aromatic rings. The summed E-state index contributed by atoms with van der Waals surface area (Å²) in [6, 6.07) is 59.7. The summed E-state index contributed by atoms with van der Waals surface area (Å²) >= 11 is 0. The highest BCUT2D eigenvalue weighted by Gasteiger charge is 2.19. The quantitative estimate of drug-likeness (QED) is 0.196. The van der Waals surface area contributed by atoms with Crippen LogP contribution in [-0.4, -0.2) is 9.97 Å². The summed E-state index contributed by atoms with van der Waals surface area (Å²) in [5.74, 6) is 0.701. The molecular formula is C46H28N2O. The van der Waals surface area contributed by atoms with E-state index < -0.39 is 0 Å². The molecule has 0 atom stereocenters. The minimum Gasteiger partial charge on any atom is -0.455 e. The number of nitrogens with zero attached hydrogens (tertiary/aromatic N) is 2. The number of benzene rings is 8. The lowest BCUT2D eigenvalue weighted by molar-refractivity contribution is 0.673. The van der Waals surface area contributed by atoms with Crippen LogP contribution < -0.4 is 0 Å². The van der Waals surface area contributed by atoms with Crippen molar-refractivity contribution in [3.63, 3.8) is 0 Å². The molecule has 8 aromatic carbocycles. The lowest BCUT2D eigenvalue weighted by Crippen LogP contribution is -1.96. The first-order chi connectivity index (χ1) is 24.3. The molecule has 3 heteroatoms. The van der Waals surface area contributed by atoms with Gasteiger partial charge in [-0.25, -0.2) is 9.97 Å². The highest BCUT2D eigenvalue weighted by molar-refractivity contribution is 6.20. The summed E-state index contributed by atoms with van der Waals surface area (Å²) in [6.45, 7) is 0. The SMILES string of the molecule is c1ccc(-c2ccc3c(c2)oc2c4ccccc4c(-c4nc(-c5ccc(-c6ccc7ccccc7c6)cc5)nc5ccccc45)cc32)cc1. The van der Waals surface area contributed by atoms with Crippen LogP contribution in [0.25, 0.3) is 99.3 Å². The van der Waals surface area contributed by atoms with Crippen molar-refractivity contribution in [3.8, 4) is 44.9 Å². The molecule has 0 saturated heterocycles. The number of rotatable bonds is 4. The van der Waals surface area contributed by atoms with Crippen LogP contribution in [0.2, 0.25) is 0 Å². The van der Waals surface area contributed by atoms with Crippen molar-refractivity contribution in [1.82, 2.24) is 9.97 Å². The van der Waals surface area contributed by atoms with E-state index >= 15 is 0 Å². The van der Waals surface area contributed by atoms with Gasteiger partial charge in [0.1, 0.15) is 11.2 Å². The fourth-order valence-electron chi connectivity index (χ4n) is 7.20. The number of hydrogen-bond acceptors (Lipinski definition) is 3. The van der Waals surface area contributed by atoms with Crippen molar-refractivity contribution in [2.75, 3.05) is 0 Å². The number of fused-ring (bicyclic) bond motifs is 7. The molecule has 2 heterocycles. The summed E-state index contributed by atoms with van der Waals surface area (Å²) in [5.41, 5.74) is 10.3. The zero-order valence-electron chi connectivity index (χ0n) is 26.5. The average Bonchev–Trinajstić information content (AvgIpc) is 3.55. The van der Waals surface area contributed by atoms with Gasteiger partial charge in [-0.15, -0.1) is 0 Å². The van der Waals surface area contributed by atoms with E-state index in [2.05, 4.69) is 158 Å². The highest BCUT2D eigenvalue weighted by atomic mass is 16.3. The Balaban J connectivity index is 1.14. The molecule has 0 radical (unpaired) electrons. The van der Waals surface area contributed by atoms with Crippen molar-refractivity contribution in [2.24, 2.45) is 0 Å². The Bertz CT molecular complexity index is 2870. The van der Waals surface area contributed by atoms with Crippen molar-refractivity contribution >= 4 is 54.4 Å². The van der Waals surface area contributed by atoms with E-state index in [-0.39, 0.29) is 0 Å². The van der Waals surface area contributed by atoms with Crippen LogP contribution in [0.5, 0.6) is 0 Å². The molecule has 2 aromatic heterocycles. The normalized spacial score (nSPS) is 11.7. The monoisotopic (exact) mass is 624 g/mol. The Hall–Kier alpha value is -6.58. The molecule has 0 spiro atoms. The Morgan fingerprint density at radius 3 is 1.86 bits per heavy atom. The van der Waals surface area contributed by atoms with Gasteiger partial charge >= 0.3 is 0 Å². The number of para-hydroxylation sites is 1. The number of furan rings is 1. The minimum atomic E-state index is 0.701. The van der Waals surface area contributed by atoms with Gasteiger partial charge in [-0.1, -0.05) is 140 Å². The van der Waals surface area contributed by atoms with Gasteiger partial charge in [0.15, 0.2) is 5.82 Å². The van der Waals surface area contributed by atoms with Crippen LogP contribution in [0.1, 0.15) is 0 Å². The summed E-state index contributed by atoms with van der Waals surface area (Å²) in [6.07, 6.45) is 0. The van der Waals surface area contributed by atoms with E-state index in [0.29, 0.717) is 5.82 Å². The first-order valence-electron chi connectivity index (χ1n) is 16.6. The second-order valence-corrected chi connectivity index (χ2v) is 12.6. The molecule has 49 heavy (non-hydrogen) atoms. The molecule has 0 amide bonds. The molecule has 0 aliphatic carbocycles. The van der Waals surface area contributed by atoms with Crippen molar-refractivity contribution in [1.29, 1.82) is 0 Å². The molecule has 0 unspecified atom stereocenters. The third-order valence-electron chi connectivity index (χ3n) is 9.67. The predicted molar refractivity (Wildman–Crippen MR) is 204 cm³/mol. The van der Waals surface area contributed by atoms with Gasteiger partial charge in [0.25, 0.3) is 0 Å². The third kappa shape index (κ3) is 4.59. The second kappa shape index (κ2) is 11.0. The molecule has 3 nitrogen and oxygen atoms in total. The van der Waals surface area contributed by atoms with Crippen LogP contribution in [0.15, 0.2) is 174 Å². The van der Waals surface area contributed by atoms with Crippen LogP contribution >= 0.6 is 0 Å². The van der Waals surface area contributed by atoms with E-state index in [1.807, 2.05) is 12.1 Å². The predicted octanol–water partition coefficient (Wildman–Crippen LogP) is 12.5. The first kappa shape index (κ1) is 27.5. The third-order valence-corrected chi connectivity index (χ3v) is 9.67. The van der Waals surface area contributed by atoms with Crippen molar-refractivity contribution in [2.45, 2.75) is 0 Å². The van der Waals surface area contributed by atoms with E-state index in [1.165, 1.54) is 21.9 Å². The van der Waals surface area contributed by atoms with Crippen LogP contribution in [0, 0.1) is 0 Å². The minimum absolute atomic E-state index is 0.701. The largest absolute Gasteiger partial charge is 0.455 e. The van der Waals surface area contributed by atoms with Crippen molar-refractivity contribution < 1.29 is 4.42 Å². The lowest BCUT2D eigenvalue weighted by atomic mass is 9.95. The zero-order chi connectivity index (χ0) is 32.3. The van der Waals surface area contributed by atoms with Crippen LogP contribution in [-0.2, 0) is 0 Å². The van der Waals surface area contributed by atoms with Gasteiger partial charge in [-0.05, 0) is 68.7 Å². The fourth-order valence-corrected chi connectivity index (χ4v) is 7.20. The van der Waals surface area contributed by atoms with E-state index in [1.54, 1.807) is 0 Å². The van der Waals surface area contributed by atoms with E-state index in [9.17, 15) is 0 Å². The summed E-state index contributed by atoms with van der Waals surface area (Å²) in [4.78, 5) is 10.4. The molecular weight excluding hydrogens is 597 g/mol. The molecule has 0 bridgehead atoms. The standard InChI is InChI=1S/C46H28N2O/c1-2-10-29(11-3-1)35-24-25-37-41-28-40(36-14-6-7-15-38(36)45(41)49-43(37)27-35)44-39-16-8-9-17-42(39)47-46(48-44)32-21-18-31(19-22-32)34-23-20-30-12-4-5-13-33(30)26-34/h1-28H. The van der Waals surface area contributed by atoms with Crippen LogP contribution in [0.3, 0.4) is 0 Å². The summed E-state index contributed by atoms with van der Waals surface area (Å²) in [5, 5.41) is 7.82. The first-order valence-corrected chi connectivity index (χ1v) is 16.6. The molecule has 10 rings (SSSR count). The maximum absolute atomic E-state index is 6.64. The molecule has 0 fully saturated rings.